The lowest BCUT2D eigenvalue weighted by atomic mass is 9.43. The van der Waals surface area contributed by atoms with Gasteiger partial charge in [0.2, 0.25) is 5.91 Å². The van der Waals surface area contributed by atoms with Crippen molar-refractivity contribution in [1.82, 2.24) is 5.32 Å². The lowest BCUT2D eigenvalue weighted by molar-refractivity contribution is -0.284. The Bertz CT molecular complexity index is 1110. The quantitative estimate of drug-likeness (QED) is 0.347. The molecule has 1 saturated heterocycles. The highest BCUT2D eigenvalue weighted by Gasteiger charge is 2.68. The first-order chi connectivity index (χ1) is 17.9. The number of alkyl halides is 6. The van der Waals surface area contributed by atoms with E-state index in [-0.39, 0.29) is 40.7 Å². The minimum absolute atomic E-state index is 0.0477. The van der Waals surface area contributed by atoms with Gasteiger partial charge in [-0.15, -0.1) is 0 Å². The second-order valence-electron chi connectivity index (χ2n) is 11.4. The van der Waals surface area contributed by atoms with Gasteiger partial charge in [-0.05, 0) is 55.1 Å². The zero-order chi connectivity index (χ0) is 29.1. The van der Waals surface area contributed by atoms with Crippen LogP contribution in [0.4, 0.5) is 26.3 Å². The normalized spacial score (nSPS) is 28.5. The smallest absolute Gasteiger partial charge is 0.482 e. The fraction of sp³-hybridized carbons (Fsp3) is 0.680. The van der Waals surface area contributed by atoms with Crippen molar-refractivity contribution >= 4 is 19.0 Å². The molecule has 14 heteroatoms. The molecule has 5 rings (SSSR count). The summed E-state index contributed by atoms with van der Waals surface area (Å²) in [5.74, 6) is -7.49. The van der Waals surface area contributed by atoms with E-state index in [4.69, 9.17) is 14.0 Å². The van der Waals surface area contributed by atoms with Crippen LogP contribution in [-0.2, 0) is 20.5 Å². The Balaban J connectivity index is 1.63. The van der Waals surface area contributed by atoms with Crippen LogP contribution in [0.2, 0.25) is 0 Å². The first-order valence-electron chi connectivity index (χ1n) is 12.5. The van der Waals surface area contributed by atoms with Crippen molar-refractivity contribution in [1.29, 1.82) is 0 Å². The maximum atomic E-state index is 13.1. The Morgan fingerprint density at radius 2 is 1.79 bits per heavy atom. The van der Waals surface area contributed by atoms with Crippen molar-refractivity contribution in [3.63, 3.8) is 0 Å². The van der Waals surface area contributed by atoms with Gasteiger partial charge in [0, 0.05) is 6.42 Å². The maximum Gasteiger partial charge on any atom is 0.482 e. The molecule has 0 spiro atoms. The summed E-state index contributed by atoms with van der Waals surface area (Å²) in [5, 5.41) is 11.8. The monoisotopic (exact) mass is 565 g/mol. The van der Waals surface area contributed by atoms with Crippen LogP contribution in [-0.4, -0.2) is 61.2 Å². The number of hydrogen-bond acceptors (Lipinski definition) is 5. The van der Waals surface area contributed by atoms with Crippen LogP contribution in [0.15, 0.2) is 18.2 Å². The lowest BCUT2D eigenvalue weighted by Crippen LogP contribution is -2.65. The standard InChI is InChI=1S/C25H30BF6NO6/c1-22(2)13-9-15(22)23(3)17(10-13)38-26(39-23)18(8-12-6-5-7-14(21(35)36)20(12)37-4)33-19(34)11-16(24(27,28)29)25(30,31)32/h5-7,13,15-18H,8-11H2,1-4H3,(H,33,34)(H,35,36). The molecule has 39 heavy (non-hydrogen) atoms. The number of ether oxygens (including phenoxy) is 1. The molecule has 4 aliphatic rings. The Morgan fingerprint density at radius 3 is 2.33 bits per heavy atom. The van der Waals surface area contributed by atoms with E-state index in [9.17, 15) is 41.0 Å². The fourth-order valence-corrected chi connectivity index (χ4v) is 6.55. The van der Waals surface area contributed by atoms with Gasteiger partial charge in [0.05, 0.1) is 24.8 Å². The van der Waals surface area contributed by atoms with Crippen molar-refractivity contribution in [2.45, 2.75) is 76.5 Å². The summed E-state index contributed by atoms with van der Waals surface area (Å²) in [7, 11) is 0.0244. The fourth-order valence-electron chi connectivity index (χ4n) is 6.55. The summed E-state index contributed by atoms with van der Waals surface area (Å²) in [6, 6.07) is 4.18. The van der Waals surface area contributed by atoms with Crippen molar-refractivity contribution in [3.8, 4) is 5.75 Å². The number of para-hydroxylation sites is 1. The van der Waals surface area contributed by atoms with E-state index in [1.807, 2.05) is 6.92 Å². The largest absolute Gasteiger partial charge is 0.496 e. The number of benzene rings is 1. The van der Waals surface area contributed by atoms with E-state index < -0.39 is 55.2 Å². The predicted molar refractivity (Wildman–Crippen MR) is 126 cm³/mol. The molecule has 1 aromatic rings. The molecule has 1 amide bonds. The number of amides is 1. The molecule has 216 valence electrons. The summed E-state index contributed by atoms with van der Waals surface area (Å²) in [5.41, 5.74) is -0.777. The summed E-state index contributed by atoms with van der Waals surface area (Å²) in [4.78, 5) is 24.3. The molecule has 5 atom stereocenters. The molecule has 3 aliphatic carbocycles. The zero-order valence-electron chi connectivity index (χ0n) is 21.8. The highest BCUT2D eigenvalue weighted by molar-refractivity contribution is 6.48. The van der Waals surface area contributed by atoms with E-state index in [2.05, 4.69) is 19.2 Å². The van der Waals surface area contributed by atoms with Crippen LogP contribution in [0, 0.1) is 23.2 Å². The van der Waals surface area contributed by atoms with Gasteiger partial charge in [-0.3, -0.25) is 4.79 Å². The van der Waals surface area contributed by atoms with Gasteiger partial charge in [0.15, 0.2) is 5.92 Å². The minimum atomic E-state index is -5.68. The van der Waals surface area contributed by atoms with Gasteiger partial charge in [0.25, 0.3) is 0 Å². The number of carbonyl (C=O) groups excluding carboxylic acids is 1. The number of methoxy groups -OCH3 is 1. The van der Waals surface area contributed by atoms with E-state index in [1.165, 1.54) is 25.3 Å². The SMILES string of the molecule is COc1c(CC(NC(=O)CC(C(F)(F)F)C(F)(F)F)B2OC3CC4CC(C4(C)C)C3(C)O2)cccc1C(=O)O. The molecule has 0 aromatic heterocycles. The Labute approximate surface area is 221 Å². The zero-order valence-corrected chi connectivity index (χ0v) is 21.8. The number of halogens is 6. The molecule has 5 unspecified atom stereocenters. The number of carboxylic acids is 1. The topological polar surface area (TPSA) is 94.1 Å². The Hall–Kier alpha value is -2.48. The van der Waals surface area contributed by atoms with Crippen LogP contribution in [0.1, 0.15) is 56.0 Å². The summed E-state index contributed by atoms with van der Waals surface area (Å²) in [6.07, 6.45) is -12.3. The third kappa shape index (κ3) is 5.33. The second kappa shape index (κ2) is 9.86. The van der Waals surface area contributed by atoms with Crippen molar-refractivity contribution in [2.75, 3.05) is 7.11 Å². The Morgan fingerprint density at radius 1 is 1.15 bits per heavy atom. The van der Waals surface area contributed by atoms with Crippen molar-refractivity contribution < 1.29 is 55.1 Å². The van der Waals surface area contributed by atoms with Crippen LogP contribution in [0.3, 0.4) is 0 Å². The highest BCUT2D eigenvalue weighted by Crippen LogP contribution is 2.65. The number of aromatic carboxylic acids is 1. The van der Waals surface area contributed by atoms with Gasteiger partial charge in [-0.2, -0.15) is 26.3 Å². The summed E-state index contributed by atoms with van der Waals surface area (Å²) >= 11 is 0. The third-order valence-corrected chi connectivity index (χ3v) is 8.79. The first-order valence-corrected chi connectivity index (χ1v) is 12.5. The Kier molecular flexibility index (Phi) is 7.46. The maximum absolute atomic E-state index is 13.1. The molecule has 3 saturated carbocycles. The van der Waals surface area contributed by atoms with Crippen LogP contribution in [0.25, 0.3) is 0 Å². The van der Waals surface area contributed by atoms with Gasteiger partial charge in [-0.25, -0.2) is 4.79 Å². The summed E-state index contributed by atoms with van der Waals surface area (Å²) < 4.78 is 96.5. The predicted octanol–water partition coefficient (Wildman–Crippen LogP) is 4.82. The average Bonchev–Trinajstić information content (AvgIpc) is 3.17. The third-order valence-electron chi connectivity index (χ3n) is 8.79. The molecule has 4 fully saturated rings. The van der Waals surface area contributed by atoms with Crippen LogP contribution >= 0.6 is 0 Å². The number of hydrogen-bond donors (Lipinski definition) is 2. The van der Waals surface area contributed by atoms with Crippen molar-refractivity contribution in [3.05, 3.63) is 29.3 Å². The number of carboxylic acid groups (broad SMARTS) is 1. The molecule has 0 radical (unpaired) electrons. The lowest BCUT2D eigenvalue weighted by Gasteiger charge is -2.64. The van der Waals surface area contributed by atoms with E-state index in [0.29, 0.717) is 12.3 Å². The number of carbonyl (C=O) groups is 2. The molecule has 1 aromatic carbocycles. The van der Waals surface area contributed by atoms with Gasteiger partial charge in [-0.1, -0.05) is 26.0 Å². The number of rotatable bonds is 8. The van der Waals surface area contributed by atoms with Crippen molar-refractivity contribution in [2.24, 2.45) is 23.2 Å². The minimum Gasteiger partial charge on any atom is -0.496 e. The highest BCUT2D eigenvalue weighted by atomic mass is 19.4. The molecular formula is C25H30BF6NO6. The molecular weight excluding hydrogens is 535 g/mol. The molecule has 2 N–H and O–H groups in total. The van der Waals surface area contributed by atoms with E-state index >= 15 is 0 Å². The number of nitrogens with one attached hydrogen (secondary N) is 1. The van der Waals surface area contributed by atoms with Crippen LogP contribution < -0.4 is 10.1 Å². The van der Waals surface area contributed by atoms with E-state index in [0.717, 1.165) is 6.42 Å². The summed E-state index contributed by atoms with van der Waals surface area (Å²) in [6.45, 7) is 6.09. The molecule has 2 bridgehead atoms. The van der Waals surface area contributed by atoms with Gasteiger partial charge < -0.3 is 24.5 Å². The van der Waals surface area contributed by atoms with E-state index in [1.54, 1.807) is 0 Å². The van der Waals surface area contributed by atoms with Crippen LogP contribution in [0.5, 0.6) is 5.75 Å². The first kappa shape index (κ1) is 29.5. The average molecular weight is 565 g/mol. The molecule has 1 heterocycles. The molecule has 7 nitrogen and oxygen atoms in total. The van der Waals surface area contributed by atoms with Gasteiger partial charge >= 0.3 is 25.4 Å². The molecule has 1 aliphatic heterocycles. The second-order valence-corrected chi connectivity index (χ2v) is 11.4. The van der Waals surface area contributed by atoms with Gasteiger partial charge in [0.1, 0.15) is 11.3 Å².